The van der Waals surface area contributed by atoms with Gasteiger partial charge in [0, 0.05) is 17.4 Å². The van der Waals surface area contributed by atoms with Gasteiger partial charge in [-0.05, 0) is 36.6 Å². The number of methoxy groups -OCH3 is 3. The van der Waals surface area contributed by atoms with Crippen molar-refractivity contribution in [1.29, 1.82) is 0 Å². The fourth-order valence-electron chi connectivity index (χ4n) is 6.41. The minimum Gasteiger partial charge on any atom is -0.497 e. The second-order valence-corrected chi connectivity index (χ2v) is 9.36. The van der Waals surface area contributed by atoms with Gasteiger partial charge in [0.05, 0.1) is 27.2 Å². The summed E-state index contributed by atoms with van der Waals surface area (Å²) in [7, 11) is 4.70. The Kier molecular flexibility index (Phi) is 5.88. The van der Waals surface area contributed by atoms with Crippen molar-refractivity contribution in [2.45, 2.75) is 44.1 Å². The zero-order chi connectivity index (χ0) is 23.9. The van der Waals surface area contributed by atoms with Crippen LogP contribution in [0.2, 0.25) is 0 Å². The summed E-state index contributed by atoms with van der Waals surface area (Å²) in [6.07, 6.45) is 4.47. The summed E-state index contributed by atoms with van der Waals surface area (Å²) in [4.78, 5) is 26.8. The van der Waals surface area contributed by atoms with E-state index in [1.807, 2.05) is 24.3 Å². The van der Waals surface area contributed by atoms with E-state index in [0.717, 1.165) is 37.7 Å². The molecule has 34 heavy (non-hydrogen) atoms. The highest BCUT2D eigenvalue weighted by Gasteiger charge is 2.72. The second kappa shape index (κ2) is 8.85. The van der Waals surface area contributed by atoms with Gasteiger partial charge in [-0.15, -0.1) is 0 Å². The lowest BCUT2D eigenvalue weighted by atomic mass is 9.64. The van der Waals surface area contributed by atoms with Crippen molar-refractivity contribution in [3.63, 3.8) is 0 Å². The van der Waals surface area contributed by atoms with E-state index in [1.165, 1.54) is 7.11 Å². The molecule has 0 radical (unpaired) electrons. The Hall–Kier alpha value is -3.22. The molecule has 180 valence electrons. The number of fused-ring (bicyclic) bond motifs is 2. The summed E-state index contributed by atoms with van der Waals surface area (Å²) in [5, 5.41) is 0. The van der Waals surface area contributed by atoms with Crippen LogP contribution in [0.3, 0.4) is 0 Å². The molecule has 2 aromatic carbocycles. The first-order chi connectivity index (χ1) is 16.5. The monoisotopic (exact) mass is 466 g/mol. The van der Waals surface area contributed by atoms with Gasteiger partial charge in [-0.25, -0.2) is 0 Å². The zero-order valence-electron chi connectivity index (χ0n) is 19.7. The van der Waals surface area contributed by atoms with Crippen molar-refractivity contribution in [1.82, 2.24) is 0 Å². The molecule has 0 bridgehead atoms. The van der Waals surface area contributed by atoms with Gasteiger partial charge in [-0.1, -0.05) is 37.5 Å². The molecular formula is C27H30O7. The maximum atomic E-state index is 14.0. The molecular weight excluding hydrogens is 436 g/mol. The third kappa shape index (κ3) is 3.40. The van der Waals surface area contributed by atoms with E-state index in [0.29, 0.717) is 23.0 Å². The third-order valence-electron chi connectivity index (χ3n) is 7.89. The molecule has 2 saturated carbocycles. The quantitative estimate of drug-likeness (QED) is 0.457. The van der Waals surface area contributed by atoms with E-state index in [4.69, 9.17) is 23.7 Å². The summed E-state index contributed by atoms with van der Waals surface area (Å²) in [6.45, 7) is 0. The number of carbonyl (C=O) groups excluding carboxylic acids is 2. The van der Waals surface area contributed by atoms with Crippen LogP contribution < -0.4 is 18.9 Å². The molecule has 1 saturated heterocycles. The predicted octanol–water partition coefficient (Wildman–Crippen LogP) is 4.52. The van der Waals surface area contributed by atoms with Crippen LogP contribution >= 0.6 is 0 Å². The van der Waals surface area contributed by atoms with Gasteiger partial charge in [0.2, 0.25) is 0 Å². The molecule has 1 heterocycles. The average Bonchev–Trinajstić information content (AvgIpc) is 3.08. The molecule has 0 aromatic heterocycles. The number of benzene rings is 2. The van der Waals surface area contributed by atoms with E-state index in [1.54, 1.807) is 32.4 Å². The average molecular weight is 467 g/mol. The largest absolute Gasteiger partial charge is 0.497 e. The van der Waals surface area contributed by atoms with Gasteiger partial charge in [0.25, 0.3) is 0 Å². The first-order valence-electron chi connectivity index (χ1n) is 11.8. The van der Waals surface area contributed by atoms with Crippen LogP contribution in [0.1, 0.15) is 43.6 Å². The van der Waals surface area contributed by atoms with Crippen molar-refractivity contribution < 1.29 is 33.3 Å². The fourth-order valence-corrected chi connectivity index (χ4v) is 6.41. The standard InChI is InChI=1S/C27H30O7/c1-30-16-11-12-19(20(15-16)32-3)33-26(29)23-21(17-9-5-6-10-18(17)31-2)22-24(34-25(22)28)27(23)13-7-4-8-14-27/h5-6,9-12,15,21-24H,4,7-8,13-14H2,1-3H3/t21-,22-,23+,24-/m0/s1. The lowest BCUT2D eigenvalue weighted by molar-refractivity contribution is -0.196. The molecule has 7 nitrogen and oxygen atoms in total. The van der Waals surface area contributed by atoms with Crippen molar-refractivity contribution in [2.24, 2.45) is 17.3 Å². The highest BCUT2D eigenvalue weighted by Crippen LogP contribution is 2.66. The zero-order valence-corrected chi connectivity index (χ0v) is 19.7. The molecule has 2 aromatic rings. The van der Waals surface area contributed by atoms with Gasteiger partial charge in [-0.2, -0.15) is 0 Å². The maximum Gasteiger partial charge on any atom is 0.315 e. The minimum absolute atomic E-state index is 0.247. The van der Waals surface area contributed by atoms with E-state index in [2.05, 4.69) is 0 Å². The maximum absolute atomic E-state index is 14.0. The Labute approximate surface area is 199 Å². The fraction of sp³-hybridized carbons (Fsp3) is 0.481. The molecule has 5 rings (SSSR count). The van der Waals surface area contributed by atoms with E-state index in [9.17, 15) is 9.59 Å². The molecule has 7 heteroatoms. The molecule has 3 fully saturated rings. The first-order valence-corrected chi connectivity index (χ1v) is 11.8. The van der Waals surface area contributed by atoms with Crippen LogP contribution in [0, 0.1) is 17.3 Å². The van der Waals surface area contributed by atoms with Crippen LogP contribution in [0.5, 0.6) is 23.0 Å². The number of para-hydroxylation sites is 1. The Morgan fingerprint density at radius 2 is 1.62 bits per heavy atom. The van der Waals surface area contributed by atoms with Gasteiger partial charge < -0.3 is 23.7 Å². The highest BCUT2D eigenvalue weighted by atomic mass is 16.6. The SMILES string of the molecule is COc1ccc(OC(=O)[C@H]2[C@@H](c3ccccc3OC)[C@@H]3C(=O)O[C@@H]3C23CCCCC3)c(OC)c1. The van der Waals surface area contributed by atoms with Crippen molar-refractivity contribution in [3.05, 3.63) is 48.0 Å². The molecule has 1 spiro atoms. The topological polar surface area (TPSA) is 80.3 Å². The number of hydrogen-bond acceptors (Lipinski definition) is 7. The molecule has 0 amide bonds. The molecule has 4 atom stereocenters. The smallest absolute Gasteiger partial charge is 0.315 e. The minimum atomic E-state index is -0.544. The van der Waals surface area contributed by atoms with Gasteiger partial charge >= 0.3 is 11.9 Å². The normalized spacial score (nSPS) is 26.7. The summed E-state index contributed by atoms with van der Waals surface area (Å²) < 4.78 is 28.1. The van der Waals surface area contributed by atoms with Gasteiger partial charge in [0.15, 0.2) is 11.5 Å². The molecule has 3 aliphatic rings. The number of carbonyl (C=O) groups is 2. The second-order valence-electron chi connectivity index (χ2n) is 9.36. The van der Waals surface area contributed by atoms with Crippen LogP contribution in [0.25, 0.3) is 0 Å². The van der Waals surface area contributed by atoms with E-state index < -0.39 is 11.3 Å². The Morgan fingerprint density at radius 1 is 0.882 bits per heavy atom. The summed E-state index contributed by atoms with van der Waals surface area (Å²) in [6, 6.07) is 12.7. The van der Waals surface area contributed by atoms with Crippen LogP contribution in [-0.2, 0) is 14.3 Å². The lowest BCUT2D eigenvalue weighted by Crippen LogP contribution is -2.52. The summed E-state index contributed by atoms with van der Waals surface area (Å²) in [5.41, 5.74) is 0.404. The van der Waals surface area contributed by atoms with Crippen molar-refractivity contribution >= 4 is 11.9 Å². The van der Waals surface area contributed by atoms with Crippen molar-refractivity contribution in [2.75, 3.05) is 21.3 Å². The Morgan fingerprint density at radius 3 is 2.29 bits per heavy atom. The van der Waals surface area contributed by atoms with Crippen LogP contribution in [0.15, 0.2) is 42.5 Å². The van der Waals surface area contributed by atoms with E-state index >= 15 is 0 Å². The third-order valence-corrected chi connectivity index (χ3v) is 7.89. The van der Waals surface area contributed by atoms with Crippen molar-refractivity contribution in [3.8, 4) is 23.0 Å². The summed E-state index contributed by atoms with van der Waals surface area (Å²) >= 11 is 0. The molecule has 0 unspecified atom stereocenters. The number of ether oxygens (including phenoxy) is 5. The van der Waals surface area contributed by atoms with Gasteiger partial charge in [0.1, 0.15) is 23.5 Å². The molecule has 2 aliphatic carbocycles. The lowest BCUT2D eigenvalue weighted by Gasteiger charge is -2.45. The number of esters is 2. The Bertz CT molecular complexity index is 1090. The predicted molar refractivity (Wildman–Crippen MR) is 123 cm³/mol. The number of hydrogen-bond donors (Lipinski definition) is 0. The molecule has 0 N–H and O–H groups in total. The summed E-state index contributed by atoms with van der Waals surface area (Å²) in [5.74, 6) is 0.0791. The first kappa shape index (κ1) is 22.6. The molecule has 1 aliphatic heterocycles. The van der Waals surface area contributed by atoms with Crippen LogP contribution in [0.4, 0.5) is 0 Å². The van der Waals surface area contributed by atoms with Crippen LogP contribution in [-0.4, -0.2) is 39.4 Å². The van der Waals surface area contributed by atoms with E-state index in [-0.39, 0.29) is 29.9 Å². The number of rotatable bonds is 6. The Balaban J connectivity index is 1.58. The highest BCUT2D eigenvalue weighted by molar-refractivity contribution is 5.87. The van der Waals surface area contributed by atoms with Gasteiger partial charge in [-0.3, -0.25) is 9.59 Å².